The number of hydrogen-bond acceptors (Lipinski definition) is 5. The molecule has 0 saturated carbocycles. The van der Waals surface area contributed by atoms with E-state index in [2.05, 4.69) is 10.6 Å². The lowest BCUT2D eigenvalue weighted by atomic mass is 10.2. The number of fused-ring (bicyclic) bond motifs is 1. The van der Waals surface area contributed by atoms with E-state index in [1.807, 2.05) is 13.0 Å². The molecule has 8 heteroatoms. The van der Waals surface area contributed by atoms with E-state index in [9.17, 15) is 9.59 Å². The first-order valence-electron chi connectivity index (χ1n) is 7.76. The first-order chi connectivity index (χ1) is 12.0. The minimum Gasteiger partial charge on any atom is -0.490 e. The van der Waals surface area contributed by atoms with Gasteiger partial charge in [0.15, 0.2) is 11.5 Å². The van der Waals surface area contributed by atoms with Gasteiger partial charge < -0.3 is 20.1 Å². The lowest BCUT2D eigenvalue weighted by Gasteiger charge is -2.12. The Morgan fingerprint density at radius 1 is 1.20 bits per heavy atom. The van der Waals surface area contributed by atoms with E-state index < -0.39 is 0 Å². The normalized spacial score (nSPS) is 13.0. The predicted molar refractivity (Wildman–Crippen MR) is 97.1 cm³/mol. The summed E-state index contributed by atoms with van der Waals surface area (Å²) in [4.78, 5) is 25.7. The van der Waals surface area contributed by atoms with Crippen molar-refractivity contribution in [3.63, 3.8) is 0 Å². The number of thiophene rings is 1. The second-order valence-electron chi connectivity index (χ2n) is 5.47. The van der Waals surface area contributed by atoms with Gasteiger partial charge in [-0.05, 0) is 19.1 Å². The second-order valence-corrected chi connectivity index (χ2v) is 7.17. The lowest BCUT2D eigenvalue weighted by molar-refractivity contribution is -0.115. The number of ether oxygens (including phenoxy) is 2. The van der Waals surface area contributed by atoms with Crippen LogP contribution in [0.5, 0.6) is 11.5 Å². The lowest BCUT2D eigenvalue weighted by Crippen LogP contribution is -2.32. The van der Waals surface area contributed by atoms with Crippen LogP contribution in [0.25, 0.3) is 0 Å². The van der Waals surface area contributed by atoms with Crippen molar-refractivity contribution in [2.45, 2.75) is 13.3 Å². The zero-order valence-electron chi connectivity index (χ0n) is 13.6. The Hall–Kier alpha value is -2.25. The van der Waals surface area contributed by atoms with Gasteiger partial charge in [0.1, 0.15) is 0 Å². The fourth-order valence-electron chi connectivity index (χ4n) is 2.28. The van der Waals surface area contributed by atoms with E-state index in [4.69, 9.17) is 21.1 Å². The maximum atomic E-state index is 12.1. The minimum absolute atomic E-state index is 0.152. The van der Waals surface area contributed by atoms with Gasteiger partial charge in [-0.2, -0.15) is 0 Å². The maximum Gasteiger partial charge on any atom is 0.261 e. The highest BCUT2D eigenvalue weighted by atomic mass is 35.5. The molecule has 6 nitrogen and oxygen atoms in total. The summed E-state index contributed by atoms with van der Waals surface area (Å²) in [5.41, 5.74) is 0.414. The number of nitrogens with one attached hydrogen (secondary N) is 2. The number of benzene rings is 1. The fraction of sp³-hybridized carbons (Fsp3) is 0.294. The number of rotatable bonds is 4. The molecule has 0 bridgehead atoms. The van der Waals surface area contributed by atoms with Crippen molar-refractivity contribution in [1.82, 2.24) is 5.32 Å². The van der Waals surface area contributed by atoms with Gasteiger partial charge in [-0.3, -0.25) is 9.59 Å². The van der Waals surface area contributed by atoms with Crippen molar-refractivity contribution < 1.29 is 19.1 Å². The van der Waals surface area contributed by atoms with E-state index in [0.717, 1.165) is 11.3 Å². The Balaban J connectivity index is 1.61. The van der Waals surface area contributed by atoms with Crippen LogP contribution in [-0.2, 0) is 4.79 Å². The van der Waals surface area contributed by atoms with Gasteiger partial charge in [-0.25, -0.2) is 0 Å². The standard InChI is InChI=1S/C17H17ClN2O4S/c1-10-3-4-15(25-10)17(22)19-9-16(21)20-12-8-14-13(7-11(12)18)23-5-2-6-24-14/h3-4,7-8H,2,5-6,9H2,1H3,(H,19,22)(H,20,21). The number of anilines is 1. The Labute approximate surface area is 154 Å². The summed E-state index contributed by atoms with van der Waals surface area (Å²) in [6.45, 7) is 2.86. The second kappa shape index (κ2) is 7.76. The molecule has 132 valence electrons. The van der Waals surface area contributed by atoms with Crippen molar-refractivity contribution >= 4 is 40.4 Å². The van der Waals surface area contributed by atoms with Crippen molar-refractivity contribution in [2.24, 2.45) is 0 Å². The van der Waals surface area contributed by atoms with E-state index in [0.29, 0.717) is 40.3 Å². The topological polar surface area (TPSA) is 76.7 Å². The van der Waals surface area contributed by atoms with E-state index in [-0.39, 0.29) is 18.4 Å². The molecule has 0 spiro atoms. The molecular formula is C17H17ClN2O4S. The number of carbonyl (C=O) groups excluding carboxylic acids is 2. The molecule has 0 fully saturated rings. The maximum absolute atomic E-state index is 12.1. The van der Waals surface area contributed by atoms with Crippen LogP contribution in [0, 0.1) is 6.92 Å². The summed E-state index contributed by atoms with van der Waals surface area (Å²) >= 11 is 7.56. The molecule has 1 aromatic heterocycles. The summed E-state index contributed by atoms with van der Waals surface area (Å²) in [6.07, 6.45) is 0.780. The number of aryl methyl sites for hydroxylation is 1. The Morgan fingerprint density at radius 3 is 2.60 bits per heavy atom. The molecule has 3 rings (SSSR count). The molecule has 0 aliphatic carbocycles. The van der Waals surface area contributed by atoms with Crippen LogP contribution in [0.1, 0.15) is 21.0 Å². The van der Waals surface area contributed by atoms with Crippen LogP contribution in [0.3, 0.4) is 0 Å². The summed E-state index contributed by atoms with van der Waals surface area (Å²) in [7, 11) is 0. The average molecular weight is 381 g/mol. The van der Waals surface area contributed by atoms with E-state index in [1.165, 1.54) is 11.3 Å². The van der Waals surface area contributed by atoms with Gasteiger partial charge in [0.05, 0.1) is 35.3 Å². The van der Waals surface area contributed by atoms with Gasteiger partial charge in [-0.15, -0.1) is 11.3 Å². The third-order valence-corrected chi connectivity index (χ3v) is 4.80. The van der Waals surface area contributed by atoms with Crippen molar-refractivity contribution in [3.8, 4) is 11.5 Å². The number of halogens is 1. The largest absolute Gasteiger partial charge is 0.490 e. The molecule has 2 N–H and O–H groups in total. The molecular weight excluding hydrogens is 364 g/mol. The fourth-order valence-corrected chi connectivity index (χ4v) is 3.26. The summed E-state index contributed by atoms with van der Waals surface area (Å²) in [5.74, 6) is 0.438. The summed E-state index contributed by atoms with van der Waals surface area (Å²) < 4.78 is 11.1. The smallest absolute Gasteiger partial charge is 0.261 e. The molecule has 0 radical (unpaired) electrons. The molecule has 2 aromatic rings. The number of hydrogen-bond donors (Lipinski definition) is 2. The van der Waals surface area contributed by atoms with Crippen molar-refractivity contribution in [3.05, 3.63) is 39.0 Å². The van der Waals surface area contributed by atoms with Crippen LogP contribution in [0.15, 0.2) is 24.3 Å². The highest BCUT2D eigenvalue weighted by molar-refractivity contribution is 7.13. The quantitative estimate of drug-likeness (QED) is 0.853. The molecule has 0 saturated heterocycles. The molecule has 1 aliphatic heterocycles. The summed E-state index contributed by atoms with van der Waals surface area (Å²) in [5, 5.41) is 5.60. The molecule has 2 heterocycles. The van der Waals surface area contributed by atoms with Crippen LogP contribution in [0.2, 0.25) is 5.02 Å². The molecule has 25 heavy (non-hydrogen) atoms. The average Bonchev–Trinajstić information content (AvgIpc) is 2.89. The van der Waals surface area contributed by atoms with Gasteiger partial charge in [0.2, 0.25) is 5.91 Å². The van der Waals surface area contributed by atoms with Crippen LogP contribution in [0.4, 0.5) is 5.69 Å². The molecule has 0 unspecified atom stereocenters. The first-order valence-corrected chi connectivity index (χ1v) is 8.96. The highest BCUT2D eigenvalue weighted by Crippen LogP contribution is 2.37. The number of amides is 2. The van der Waals surface area contributed by atoms with Crippen LogP contribution in [-0.4, -0.2) is 31.6 Å². The van der Waals surface area contributed by atoms with Gasteiger partial charge >= 0.3 is 0 Å². The molecule has 1 aromatic carbocycles. The molecule has 1 aliphatic rings. The first kappa shape index (κ1) is 17.6. The van der Waals surface area contributed by atoms with Crippen LogP contribution >= 0.6 is 22.9 Å². The Bertz CT molecular complexity index is 806. The Morgan fingerprint density at radius 2 is 1.92 bits per heavy atom. The zero-order chi connectivity index (χ0) is 17.8. The van der Waals surface area contributed by atoms with E-state index >= 15 is 0 Å². The third-order valence-electron chi connectivity index (χ3n) is 3.48. The molecule has 2 amide bonds. The Kier molecular flexibility index (Phi) is 5.45. The summed E-state index contributed by atoms with van der Waals surface area (Å²) in [6, 6.07) is 6.83. The van der Waals surface area contributed by atoms with Crippen LogP contribution < -0.4 is 20.1 Å². The van der Waals surface area contributed by atoms with Gasteiger partial charge in [-0.1, -0.05) is 11.6 Å². The van der Waals surface area contributed by atoms with E-state index in [1.54, 1.807) is 18.2 Å². The monoisotopic (exact) mass is 380 g/mol. The number of carbonyl (C=O) groups is 2. The highest BCUT2D eigenvalue weighted by Gasteiger charge is 2.16. The van der Waals surface area contributed by atoms with Crippen molar-refractivity contribution in [1.29, 1.82) is 0 Å². The predicted octanol–water partition coefficient (Wildman–Crippen LogP) is 3.24. The SMILES string of the molecule is Cc1ccc(C(=O)NCC(=O)Nc2cc3c(cc2Cl)OCCCO3)s1. The molecule has 0 atom stereocenters. The zero-order valence-corrected chi connectivity index (χ0v) is 15.1. The third kappa shape index (κ3) is 4.43. The van der Waals surface area contributed by atoms with Crippen molar-refractivity contribution in [2.75, 3.05) is 25.1 Å². The van der Waals surface area contributed by atoms with Gasteiger partial charge in [0.25, 0.3) is 5.91 Å². The minimum atomic E-state index is -0.377. The van der Waals surface area contributed by atoms with Gasteiger partial charge in [0, 0.05) is 23.4 Å².